The average molecular weight is 196 g/mol. The van der Waals surface area contributed by atoms with Crippen molar-refractivity contribution < 1.29 is 24.0 Å². The molecule has 0 aromatic heterocycles. The molecule has 0 unspecified atom stereocenters. The number of carbonyl (C=O) groups is 5. The van der Waals surface area contributed by atoms with E-state index in [1.54, 1.807) is 10.6 Å². The van der Waals surface area contributed by atoms with Gasteiger partial charge in [-0.2, -0.15) is 0 Å². The maximum Gasteiger partial charge on any atom is 0.328 e. The van der Waals surface area contributed by atoms with E-state index in [0.29, 0.717) is 0 Å². The van der Waals surface area contributed by atoms with Crippen LogP contribution in [0.5, 0.6) is 0 Å². The molecular formula is C7H4N2O5. The summed E-state index contributed by atoms with van der Waals surface area (Å²) in [5, 5.41) is 3.45. The Morgan fingerprint density at radius 1 is 0.929 bits per heavy atom. The molecule has 2 N–H and O–H groups in total. The summed E-state index contributed by atoms with van der Waals surface area (Å²) >= 11 is 0. The summed E-state index contributed by atoms with van der Waals surface area (Å²) < 4.78 is 0. The molecule has 0 atom stereocenters. The second kappa shape index (κ2) is 3.60. The molecule has 0 saturated carbocycles. The Hall–Kier alpha value is -2.31. The first-order valence-corrected chi connectivity index (χ1v) is 3.41. The molecule has 1 aliphatic heterocycles. The van der Waals surface area contributed by atoms with Gasteiger partial charge in [-0.15, -0.1) is 0 Å². The van der Waals surface area contributed by atoms with E-state index in [2.05, 4.69) is 0 Å². The highest BCUT2D eigenvalue weighted by atomic mass is 16.2. The van der Waals surface area contributed by atoms with Gasteiger partial charge in [0, 0.05) is 0 Å². The van der Waals surface area contributed by atoms with Crippen LogP contribution < -0.4 is 10.6 Å². The van der Waals surface area contributed by atoms with Crippen LogP contribution >= 0.6 is 0 Å². The van der Waals surface area contributed by atoms with Gasteiger partial charge in [-0.25, -0.2) is 4.79 Å². The second-order valence-electron chi connectivity index (χ2n) is 2.30. The first-order chi connectivity index (χ1) is 6.60. The molecule has 0 spiro atoms. The van der Waals surface area contributed by atoms with E-state index in [-0.39, 0.29) is 12.6 Å². The van der Waals surface area contributed by atoms with Crippen LogP contribution in [0.4, 0.5) is 4.79 Å². The lowest BCUT2D eigenvalue weighted by Crippen LogP contribution is -2.52. The van der Waals surface area contributed by atoms with Gasteiger partial charge in [0.05, 0.1) is 5.57 Å². The third-order valence-corrected chi connectivity index (χ3v) is 1.45. The van der Waals surface area contributed by atoms with E-state index in [0.717, 1.165) is 0 Å². The van der Waals surface area contributed by atoms with Crippen LogP contribution in [0.1, 0.15) is 0 Å². The van der Waals surface area contributed by atoms with Crippen molar-refractivity contribution in [2.24, 2.45) is 0 Å². The summed E-state index contributed by atoms with van der Waals surface area (Å²) in [5.74, 6) is -2.12. The second-order valence-corrected chi connectivity index (χ2v) is 2.30. The van der Waals surface area contributed by atoms with Gasteiger partial charge >= 0.3 is 6.03 Å². The topological polar surface area (TPSA) is 109 Å². The third kappa shape index (κ3) is 1.56. The van der Waals surface area contributed by atoms with Crippen LogP contribution in [-0.2, 0) is 19.2 Å². The molecule has 1 aliphatic rings. The van der Waals surface area contributed by atoms with E-state index < -0.39 is 29.0 Å². The van der Waals surface area contributed by atoms with Crippen molar-refractivity contribution in [3.8, 4) is 0 Å². The van der Waals surface area contributed by atoms with Crippen LogP contribution in [-0.4, -0.2) is 30.4 Å². The fraction of sp³-hybridized carbons (Fsp3) is 0. The largest absolute Gasteiger partial charge is 0.328 e. The smallest absolute Gasteiger partial charge is 0.298 e. The lowest BCUT2D eigenvalue weighted by atomic mass is 10.1. The SMILES string of the molecule is O=CC(C=O)=C1C(=O)NC(=O)NC1=O. The van der Waals surface area contributed by atoms with Crippen LogP contribution in [0.2, 0.25) is 0 Å². The molecular weight excluding hydrogens is 192 g/mol. The minimum absolute atomic E-state index is 0.0668. The zero-order chi connectivity index (χ0) is 10.7. The molecule has 14 heavy (non-hydrogen) atoms. The van der Waals surface area contributed by atoms with Crippen LogP contribution in [0.3, 0.4) is 0 Å². The highest BCUT2D eigenvalue weighted by molar-refractivity contribution is 6.33. The highest BCUT2D eigenvalue weighted by Crippen LogP contribution is 2.04. The van der Waals surface area contributed by atoms with Crippen molar-refractivity contribution >= 4 is 30.4 Å². The fourth-order valence-corrected chi connectivity index (χ4v) is 0.873. The number of rotatable bonds is 2. The van der Waals surface area contributed by atoms with Crippen molar-refractivity contribution in [2.75, 3.05) is 0 Å². The van der Waals surface area contributed by atoms with E-state index in [1.165, 1.54) is 0 Å². The van der Waals surface area contributed by atoms with Crippen LogP contribution in [0, 0.1) is 0 Å². The molecule has 0 radical (unpaired) electrons. The predicted octanol–water partition coefficient (Wildman–Crippen LogP) is -1.95. The molecule has 72 valence electrons. The molecule has 1 saturated heterocycles. The van der Waals surface area contributed by atoms with Crippen molar-refractivity contribution in [3.05, 3.63) is 11.1 Å². The molecule has 7 heteroatoms. The summed E-state index contributed by atoms with van der Waals surface area (Å²) in [6, 6.07) is -0.986. The summed E-state index contributed by atoms with van der Waals surface area (Å²) in [7, 11) is 0. The van der Waals surface area contributed by atoms with Gasteiger partial charge in [0.1, 0.15) is 5.57 Å². The number of aldehydes is 2. The van der Waals surface area contributed by atoms with Gasteiger partial charge in [-0.05, 0) is 0 Å². The molecule has 0 aromatic rings. The van der Waals surface area contributed by atoms with Gasteiger partial charge in [0.25, 0.3) is 11.8 Å². The van der Waals surface area contributed by atoms with Crippen LogP contribution in [0.15, 0.2) is 11.1 Å². The number of allylic oxidation sites excluding steroid dienone is 1. The standard InChI is InChI=1S/C7H4N2O5/c10-1-3(2-11)4-5(12)8-7(14)9-6(4)13/h1-2H,(H2,8,9,12,13,14). The lowest BCUT2D eigenvalue weighted by Gasteiger charge is -2.13. The first kappa shape index (κ1) is 9.78. The predicted molar refractivity (Wildman–Crippen MR) is 40.8 cm³/mol. The van der Waals surface area contributed by atoms with Crippen molar-refractivity contribution in [3.63, 3.8) is 0 Å². The Kier molecular flexibility index (Phi) is 2.52. The molecule has 1 heterocycles. The van der Waals surface area contributed by atoms with Crippen molar-refractivity contribution in [1.29, 1.82) is 0 Å². The van der Waals surface area contributed by atoms with Gasteiger partial charge < -0.3 is 0 Å². The molecule has 7 nitrogen and oxygen atoms in total. The van der Waals surface area contributed by atoms with E-state index in [9.17, 15) is 24.0 Å². The summed E-state index contributed by atoms with van der Waals surface area (Å²) in [6.45, 7) is 0. The molecule has 1 rings (SSSR count). The lowest BCUT2D eigenvalue weighted by molar-refractivity contribution is -0.125. The number of urea groups is 1. The summed E-state index contributed by atoms with van der Waals surface area (Å²) in [4.78, 5) is 53.1. The average Bonchev–Trinajstić information content (AvgIpc) is 2.10. The van der Waals surface area contributed by atoms with E-state index >= 15 is 0 Å². The van der Waals surface area contributed by atoms with Crippen LogP contribution in [0.25, 0.3) is 0 Å². The Bertz CT molecular complexity index is 350. The van der Waals surface area contributed by atoms with E-state index in [1.807, 2.05) is 0 Å². The maximum atomic E-state index is 11.0. The zero-order valence-electron chi connectivity index (χ0n) is 6.70. The quantitative estimate of drug-likeness (QED) is 0.231. The number of barbiturate groups is 1. The molecule has 1 fully saturated rings. The molecule has 4 amide bonds. The van der Waals surface area contributed by atoms with Gasteiger partial charge in [-0.3, -0.25) is 29.8 Å². The molecule has 0 aromatic carbocycles. The van der Waals surface area contributed by atoms with Crippen molar-refractivity contribution in [1.82, 2.24) is 10.6 Å². The van der Waals surface area contributed by atoms with Gasteiger partial charge in [-0.1, -0.05) is 0 Å². The number of hydrogen-bond acceptors (Lipinski definition) is 5. The monoisotopic (exact) mass is 196 g/mol. The number of nitrogens with one attached hydrogen (secondary N) is 2. The Morgan fingerprint density at radius 2 is 1.36 bits per heavy atom. The number of hydrogen-bond donors (Lipinski definition) is 2. The normalized spacial score (nSPS) is 15.7. The zero-order valence-corrected chi connectivity index (χ0v) is 6.70. The van der Waals surface area contributed by atoms with Crippen molar-refractivity contribution in [2.45, 2.75) is 0 Å². The minimum Gasteiger partial charge on any atom is -0.298 e. The Morgan fingerprint density at radius 3 is 1.71 bits per heavy atom. The summed E-state index contributed by atoms with van der Waals surface area (Å²) in [6.07, 6.45) is 0.134. The van der Waals surface area contributed by atoms with E-state index in [4.69, 9.17) is 0 Å². The number of amides is 4. The summed E-state index contributed by atoms with van der Waals surface area (Å²) in [5.41, 5.74) is -1.26. The minimum atomic E-state index is -1.06. The highest BCUT2D eigenvalue weighted by Gasteiger charge is 2.30. The maximum absolute atomic E-state index is 11.0. The number of carbonyl (C=O) groups excluding carboxylic acids is 5. The molecule has 0 bridgehead atoms. The first-order valence-electron chi connectivity index (χ1n) is 3.41. The third-order valence-electron chi connectivity index (χ3n) is 1.45. The fourth-order valence-electron chi connectivity index (χ4n) is 0.873. The van der Waals surface area contributed by atoms with Gasteiger partial charge in [0.15, 0.2) is 12.6 Å². The number of imide groups is 2. The van der Waals surface area contributed by atoms with Gasteiger partial charge in [0.2, 0.25) is 0 Å². The Balaban J connectivity index is 3.21. The molecule has 0 aliphatic carbocycles. The Labute approximate surface area is 77.1 Å².